The highest BCUT2D eigenvalue weighted by Crippen LogP contribution is 2.22. The third kappa shape index (κ3) is 4.24. The zero-order valence-electron chi connectivity index (χ0n) is 12.7. The van der Waals surface area contributed by atoms with Crippen molar-refractivity contribution >= 4 is 44.6 Å². The molecule has 0 heterocycles. The Labute approximate surface area is 144 Å². The third-order valence-electron chi connectivity index (χ3n) is 3.24. The predicted octanol–water partition coefficient (Wildman–Crippen LogP) is 5.33. The van der Waals surface area contributed by atoms with Gasteiger partial charge in [0.2, 0.25) is 0 Å². The summed E-state index contributed by atoms with van der Waals surface area (Å²) in [5, 5.41) is 7.38. The number of benzene rings is 2. The van der Waals surface area contributed by atoms with E-state index in [2.05, 4.69) is 22.9 Å². The second-order valence-electron chi connectivity index (χ2n) is 5.02. The van der Waals surface area contributed by atoms with Crippen LogP contribution < -0.4 is 10.7 Å². The number of hydrogen-bond donors (Lipinski definition) is 1. The van der Waals surface area contributed by atoms with Gasteiger partial charge in [-0.25, -0.2) is 0 Å². The number of rotatable bonds is 5. The van der Waals surface area contributed by atoms with Gasteiger partial charge in [-0.1, -0.05) is 34.5 Å². The molecule has 0 aliphatic rings. The van der Waals surface area contributed by atoms with Gasteiger partial charge in [-0.2, -0.15) is 5.10 Å². The molecule has 0 atom stereocenters. The van der Waals surface area contributed by atoms with Crippen molar-refractivity contribution in [1.82, 2.24) is 0 Å². The highest BCUT2D eigenvalue weighted by atomic mass is 79.9. The summed E-state index contributed by atoms with van der Waals surface area (Å²) in [5.74, 6) is 0. The number of halogens is 2. The summed E-state index contributed by atoms with van der Waals surface area (Å²) < 4.78 is 1.05. The van der Waals surface area contributed by atoms with Crippen LogP contribution in [0.15, 0.2) is 52.0 Å². The molecule has 3 nitrogen and oxygen atoms in total. The van der Waals surface area contributed by atoms with Crippen molar-refractivity contribution in [3.63, 3.8) is 0 Å². The molecule has 2 aromatic rings. The van der Waals surface area contributed by atoms with E-state index >= 15 is 0 Å². The Hall–Kier alpha value is -1.52. The first-order valence-corrected chi connectivity index (χ1v) is 8.32. The summed E-state index contributed by atoms with van der Waals surface area (Å²) in [7, 11) is 0. The fraction of sp³-hybridized carbons (Fsp3) is 0.235. The summed E-state index contributed by atoms with van der Waals surface area (Å²) in [6, 6.07) is 13.5. The van der Waals surface area contributed by atoms with Crippen molar-refractivity contribution in [2.24, 2.45) is 5.10 Å². The lowest BCUT2D eigenvalue weighted by molar-refractivity contribution is 0.806. The number of hydrogen-bond acceptors (Lipinski definition) is 3. The maximum absolute atomic E-state index is 6.06. The van der Waals surface area contributed by atoms with Crippen molar-refractivity contribution in [2.45, 2.75) is 20.3 Å². The molecule has 0 aromatic heterocycles. The molecule has 0 bridgehead atoms. The first kappa shape index (κ1) is 16.8. The van der Waals surface area contributed by atoms with Crippen molar-refractivity contribution < 1.29 is 0 Å². The fourth-order valence-electron chi connectivity index (χ4n) is 2.14. The molecule has 2 aromatic carbocycles. The van der Waals surface area contributed by atoms with Gasteiger partial charge >= 0.3 is 0 Å². The Morgan fingerprint density at radius 1 is 1.23 bits per heavy atom. The molecule has 0 saturated heterocycles. The fourth-order valence-corrected chi connectivity index (χ4v) is 2.58. The Balaban J connectivity index is 2.36. The number of anilines is 2. The molecule has 2 N–H and O–H groups in total. The molecule has 0 unspecified atom stereocenters. The predicted molar refractivity (Wildman–Crippen MR) is 99.9 cm³/mol. The van der Waals surface area contributed by atoms with E-state index in [1.165, 1.54) is 0 Å². The van der Waals surface area contributed by atoms with Gasteiger partial charge in [0.15, 0.2) is 0 Å². The molecule has 0 aliphatic carbocycles. The van der Waals surface area contributed by atoms with Crippen LogP contribution in [0.3, 0.4) is 0 Å². The summed E-state index contributed by atoms with van der Waals surface area (Å²) in [6.07, 6.45) is 0.998. The molecular weight excluding hydrogens is 362 g/mol. The van der Waals surface area contributed by atoms with E-state index in [9.17, 15) is 0 Å². The van der Waals surface area contributed by atoms with Gasteiger partial charge in [-0.05, 0) is 55.8 Å². The summed E-state index contributed by atoms with van der Waals surface area (Å²) >= 11 is 9.52. The average Bonchev–Trinajstić information content (AvgIpc) is 2.50. The van der Waals surface area contributed by atoms with Gasteiger partial charge in [0.25, 0.3) is 0 Å². The molecule has 0 spiro atoms. The Bertz CT molecular complexity index is 668. The van der Waals surface area contributed by atoms with Crippen molar-refractivity contribution in [3.05, 3.63) is 57.5 Å². The van der Waals surface area contributed by atoms with E-state index < -0.39 is 0 Å². The first-order chi connectivity index (χ1) is 10.5. The topological polar surface area (TPSA) is 41.6 Å². The van der Waals surface area contributed by atoms with Gasteiger partial charge in [-0.15, -0.1) is 0 Å². The molecular formula is C17H19BrClN3. The van der Waals surface area contributed by atoms with Crippen LogP contribution in [0.4, 0.5) is 11.4 Å². The molecule has 0 saturated carbocycles. The maximum Gasteiger partial charge on any atom is 0.0672 e. The van der Waals surface area contributed by atoms with Crippen LogP contribution in [-0.2, 0) is 0 Å². The van der Waals surface area contributed by atoms with Crippen molar-refractivity contribution in [1.29, 1.82) is 0 Å². The molecule has 0 radical (unpaired) electrons. The minimum atomic E-state index is 0.657. The Morgan fingerprint density at radius 2 is 1.91 bits per heavy atom. The minimum Gasteiger partial charge on any atom is -0.398 e. The lowest BCUT2D eigenvalue weighted by Gasteiger charge is -2.20. The van der Waals surface area contributed by atoms with Crippen LogP contribution in [0.25, 0.3) is 0 Å². The standard InChI is InChI=1S/C17H19BrClN3/c1-3-10-22(15-7-4-13(18)5-8-15)21-12(2)16-11-14(19)6-9-17(16)20/h4-9,11H,3,10,20H2,1-2H3/b21-12+. The van der Waals surface area contributed by atoms with E-state index in [4.69, 9.17) is 22.4 Å². The van der Waals surface area contributed by atoms with Crippen molar-refractivity contribution in [3.8, 4) is 0 Å². The summed E-state index contributed by atoms with van der Waals surface area (Å²) in [5.41, 5.74) is 9.47. The molecule has 0 amide bonds. The number of nitrogen functional groups attached to an aromatic ring is 1. The minimum absolute atomic E-state index is 0.657. The highest BCUT2D eigenvalue weighted by molar-refractivity contribution is 9.10. The second-order valence-corrected chi connectivity index (χ2v) is 6.37. The van der Waals surface area contributed by atoms with Crippen LogP contribution in [0.2, 0.25) is 5.02 Å². The molecule has 0 fully saturated rings. The lowest BCUT2D eigenvalue weighted by atomic mass is 10.1. The van der Waals surface area contributed by atoms with Gasteiger partial charge in [0.05, 0.1) is 11.4 Å². The maximum atomic E-state index is 6.06. The molecule has 5 heteroatoms. The van der Waals surface area contributed by atoms with Crippen LogP contribution in [0.5, 0.6) is 0 Å². The summed E-state index contributed by atoms with van der Waals surface area (Å²) in [6.45, 7) is 4.91. The third-order valence-corrected chi connectivity index (χ3v) is 4.00. The monoisotopic (exact) mass is 379 g/mol. The van der Waals surface area contributed by atoms with E-state index in [1.807, 2.05) is 42.3 Å². The van der Waals surface area contributed by atoms with Crippen molar-refractivity contribution in [2.75, 3.05) is 17.3 Å². The van der Waals surface area contributed by atoms with Gasteiger partial charge in [0.1, 0.15) is 0 Å². The SMILES string of the molecule is CCCN(/N=C(\C)c1cc(Cl)ccc1N)c1ccc(Br)cc1. The van der Waals surface area contributed by atoms with Crippen LogP contribution in [0.1, 0.15) is 25.8 Å². The zero-order chi connectivity index (χ0) is 16.1. The van der Waals surface area contributed by atoms with E-state index in [1.54, 1.807) is 12.1 Å². The van der Waals surface area contributed by atoms with Gasteiger partial charge in [0, 0.05) is 27.3 Å². The smallest absolute Gasteiger partial charge is 0.0672 e. The second kappa shape index (κ2) is 7.65. The molecule has 2 rings (SSSR count). The molecule has 22 heavy (non-hydrogen) atoms. The number of nitrogens with two attached hydrogens (primary N) is 1. The average molecular weight is 381 g/mol. The van der Waals surface area contributed by atoms with Crippen LogP contribution in [-0.4, -0.2) is 12.3 Å². The lowest BCUT2D eigenvalue weighted by Crippen LogP contribution is -2.19. The molecule has 116 valence electrons. The van der Waals surface area contributed by atoms with E-state index in [0.29, 0.717) is 10.7 Å². The number of nitrogens with zero attached hydrogens (tertiary/aromatic N) is 2. The quantitative estimate of drug-likeness (QED) is 0.433. The molecule has 0 aliphatic heterocycles. The van der Waals surface area contributed by atoms with E-state index in [-0.39, 0.29) is 0 Å². The number of hydrazone groups is 1. The zero-order valence-corrected chi connectivity index (χ0v) is 15.0. The van der Waals surface area contributed by atoms with Crippen LogP contribution in [0, 0.1) is 0 Å². The normalized spacial score (nSPS) is 11.5. The van der Waals surface area contributed by atoms with E-state index in [0.717, 1.165) is 34.4 Å². The Kier molecular flexibility index (Phi) is 5.86. The van der Waals surface area contributed by atoms with Gasteiger partial charge < -0.3 is 5.73 Å². The largest absolute Gasteiger partial charge is 0.398 e. The van der Waals surface area contributed by atoms with Crippen LogP contribution >= 0.6 is 27.5 Å². The highest BCUT2D eigenvalue weighted by Gasteiger charge is 2.08. The summed E-state index contributed by atoms with van der Waals surface area (Å²) in [4.78, 5) is 0. The Morgan fingerprint density at radius 3 is 2.55 bits per heavy atom. The first-order valence-electron chi connectivity index (χ1n) is 7.15. The van der Waals surface area contributed by atoms with Gasteiger partial charge in [-0.3, -0.25) is 5.01 Å².